The Kier molecular flexibility index (Phi) is 7.33. The Balaban J connectivity index is 1.81. The number of nitrogens with one attached hydrogen (secondary N) is 1. The number of rotatable bonds is 4. The summed E-state index contributed by atoms with van der Waals surface area (Å²) >= 11 is 5.88. The second kappa shape index (κ2) is 9.78. The normalized spacial score (nSPS) is 19.9. The zero-order chi connectivity index (χ0) is 22.6. The quantitative estimate of drug-likeness (QED) is 0.342. The van der Waals surface area contributed by atoms with Gasteiger partial charge in [0.15, 0.2) is 0 Å². The van der Waals surface area contributed by atoms with Gasteiger partial charge in [0, 0.05) is 17.0 Å². The van der Waals surface area contributed by atoms with Crippen LogP contribution in [0.5, 0.6) is 0 Å². The third-order valence-corrected chi connectivity index (χ3v) is 5.36. The summed E-state index contributed by atoms with van der Waals surface area (Å²) in [5, 5.41) is 12.5. The number of carbonyl (C=O) groups is 1. The van der Waals surface area contributed by atoms with Crippen molar-refractivity contribution >= 4 is 29.0 Å². The molecule has 2 N–H and O–H groups in total. The molecule has 0 unspecified atom stereocenters. The van der Waals surface area contributed by atoms with Crippen LogP contribution in [0.4, 0.5) is 23.2 Å². The number of aliphatic imine (C=N–C) groups is 1. The third-order valence-electron chi connectivity index (χ3n) is 5.14. The minimum Gasteiger partial charge on any atom is -0.393 e. The molecule has 0 saturated heterocycles. The van der Waals surface area contributed by atoms with E-state index in [-0.39, 0.29) is 34.1 Å². The molecule has 0 aromatic heterocycles. The van der Waals surface area contributed by atoms with Crippen molar-refractivity contribution in [3.8, 4) is 0 Å². The highest BCUT2D eigenvalue weighted by Crippen LogP contribution is 2.30. The SMILES string of the molecule is O=C(NC(CC1CCC(O)CC1)=Nc1cc(F)cc(Cl)c1)c1ccc(C(F)(F)F)cc1. The predicted octanol–water partition coefficient (Wildman–Crippen LogP) is 5.90. The maximum Gasteiger partial charge on any atom is 0.416 e. The fraction of sp³-hybridized carbons (Fsp3) is 0.364. The predicted molar refractivity (Wildman–Crippen MR) is 110 cm³/mol. The number of hydrogen-bond acceptors (Lipinski definition) is 3. The molecule has 0 bridgehead atoms. The summed E-state index contributed by atoms with van der Waals surface area (Å²) < 4.78 is 51.9. The summed E-state index contributed by atoms with van der Waals surface area (Å²) in [5.41, 5.74) is -0.603. The Morgan fingerprint density at radius 2 is 1.74 bits per heavy atom. The molecule has 0 heterocycles. The molecule has 31 heavy (non-hydrogen) atoms. The number of carbonyl (C=O) groups excluding carboxylic acids is 1. The number of hydrogen-bond donors (Lipinski definition) is 2. The molecule has 9 heteroatoms. The first kappa shape index (κ1) is 23.2. The van der Waals surface area contributed by atoms with Crippen LogP contribution in [0.2, 0.25) is 5.02 Å². The van der Waals surface area contributed by atoms with E-state index in [9.17, 15) is 27.5 Å². The molecule has 166 valence electrons. The molecular formula is C22H21ClF4N2O2. The van der Waals surface area contributed by atoms with E-state index in [1.165, 1.54) is 12.1 Å². The number of alkyl halides is 3. The second-order valence-electron chi connectivity index (χ2n) is 7.59. The molecule has 0 radical (unpaired) electrons. The number of nitrogens with zero attached hydrogens (tertiary/aromatic N) is 1. The molecule has 3 rings (SSSR count). The maximum atomic E-state index is 13.7. The molecule has 0 atom stereocenters. The number of benzene rings is 2. The lowest BCUT2D eigenvalue weighted by atomic mass is 9.85. The molecule has 1 saturated carbocycles. The first-order valence-corrected chi connectivity index (χ1v) is 10.2. The molecule has 1 aliphatic rings. The van der Waals surface area contributed by atoms with Gasteiger partial charge in [-0.1, -0.05) is 11.6 Å². The zero-order valence-corrected chi connectivity index (χ0v) is 17.2. The summed E-state index contributed by atoms with van der Waals surface area (Å²) in [6.45, 7) is 0. The largest absolute Gasteiger partial charge is 0.416 e. The Hall–Kier alpha value is -2.45. The van der Waals surface area contributed by atoms with Gasteiger partial charge >= 0.3 is 6.18 Å². The van der Waals surface area contributed by atoms with Gasteiger partial charge in [0.2, 0.25) is 0 Å². The number of aliphatic hydroxyl groups is 1. The fourth-order valence-corrected chi connectivity index (χ4v) is 3.74. The third kappa shape index (κ3) is 6.77. The highest BCUT2D eigenvalue weighted by Gasteiger charge is 2.30. The van der Waals surface area contributed by atoms with E-state index in [1.807, 2.05) is 0 Å². The lowest BCUT2D eigenvalue weighted by Gasteiger charge is -2.25. The Bertz CT molecular complexity index is 933. The van der Waals surface area contributed by atoms with E-state index in [2.05, 4.69) is 10.3 Å². The zero-order valence-electron chi connectivity index (χ0n) is 16.4. The minimum absolute atomic E-state index is 0.0389. The van der Waals surface area contributed by atoms with E-state index in [0.717, 1.165) is 43.2 Å². The van der Waals surface area contributed by atoms with Crippen molar-refractivity contribution < 1.29 is 27.5 Å². The summed E-state index contributed by atoms with van der Waals surface area (Å²) in [4.78, 5) is 17.0. The Labute approximate surface area is 181 Å². The lowest BCUT2D eigenvalue weighted by Crippen LogP contribution is -2.33. The number of aliphatic hydroxyl groups excluding tert-OH is 1. The minimum atomic E-state index is -4.50. The maximum absolute atomic E-state index is 13.7. The molecule has 1 fully saturated rings. The van der Waals surface area contributed by atoms with E-state index < -0.39 is 23.5 Å². The van der Waals surface area contributed by atoms with Crippen LogP contribution in [0, 0.1) is 11.7 Å². The fourth-order valence-electron chi connectivity index (χ4n) is 3.52. The highest BCUT2D eigenvalue weighted by molar-refractivity contribution is 6.30. The highest BCUT2D eigenvalue weighted by atomic mass is 35.5. The average Bonchev–Trinajstić information content (AvgIpc) is 2.68. The van der Waals surface area contributed by atoms with Crippen LogP contribution in [0.3, 0.4) is 0 Å². The van der Waals surface area contributed by atoms with Crippen LogP contribution in [0.25, 0.3) is 0 Å². The Morgan fingerprint density at radius 1 is 1.10 bits per heavy atom. The second-order valence-corrected chi connectivity index (χ2v) is 8.03. The molecule has 0 aliphatic heterocycles. The Morgan fingerprint density at radius 3 is 2.32 bits per heavy atom. The van der Waals surface area contributed by atoms with Gasteiger partial charge in [0.05, 0.1) is 17.4 Å². The van der Waals surface area contributed by atoms with Crippen molar-refractivity contribution in [1.82, 2.24) is 5.32 Å². The number of halogens is 5. The molecule has 1 aliphatic carbocycles. The average molecular weight is 457 g/mol. The summed E-state index contributed by atoms with van der Waals surface area (Å²) in [5.74, 6) is -0.793. The van der Waals surface area contributed by atoms with Crippen molar-refractivity contribution in [3.05, 3.63) is 64.4 Å². The summed E-state index contributed by atoms with van der Waals surface area (Å²) in [6.07, 6.45) is -1.73. The molecule has 2 aromatic rings. The smallest absolute Gasteiger partial charge is 0.393 e. The van der Waals surface area contributed by atoms with Crippen LogP contribution >= 0.6 is 11.6 Å². The summed E-state index contributed by atoms with van der Waals surface area (Å²) in [7, 11) is 0. The van der Waals surface area contributed by atoms with Gasteiger partial charge in [-0.3, -0.25) is 4.79 Å². The van der Waals surface area contributed by atoms with Crippen LogP contribution in [-0.4, -0.2) is 23.0 Å². The van der Waals surface area contributed by atoms with Gasteiger partial charge in [-0.2, -0.15) is 13.2 Å². The lowest BCUT2D eigenvalue weighted by molar-refractivity contribution is -0.137. The van der Waals surface area contributed by atoms with Crippen molar-refractivity contribution in [2.24, 2.45) is 10.9 Å². The topological polar surface area (TPSA) is 61.7 Å². The van der Waals surface area contributed by atoms with Crippen molar-refractivity contribution in [2.45, 2.75) is 44.4 Å². The standard InChI is InChI=1S/C22H21ClF4N2O2/c23-16-10-17(24)12-18(11-16)28-20(9-13-1-7-19(30)8-2-13)29-21(31)14-3-5-15(6-4-14)22(25,26)27/h3-6,10-13,19,30H,1-2,7-9H2,(H,28,29,31). The van der Waals surface area contributed by atoms with Crippen molar-refractivity contribution in [2.75, 3.05) is 0 Å². The van der Waals surface area contributed by atoms with Gasteiger partial charge in [-0.05, 0) is 74.1 Å². The van der Waals surface area contributed by atoms with Crippen LogP contribution in [0.1, 0.15) is 48.0 Å². The van der Waals surface area contributed by atoms with Crippen molar-refractivity contribution in [3.63, 3.8) is 0 Å². The summed E-state index contributed by atoms with van der Waals surface area (Å²) in [6, 6.07) is 7.59. The van der Waals surface area contributed by atoms with Gasteiger partial charge in [-0.25, -0.2) is 9.38 Å². The van der Waals surface area contributed by atoms with Crippen LogP contribution in [-0.2, 0) is 6.18 Å². The van der Waals surface area contributed by atoms with Gasteiger partial charge in [0.1, 0.15) is 11.7 Å². The first-order valence-electron chi connectivity index (χ1n) is 9.80. The van der Waals surface area contributed by atoms with Crippen LogP contribution in [0.15, 0.2) is 47.5 Å². The molecule has 0 spiro atoms. The molecule has 2 aromatic carbocycles. The molecule has 1 amide bonds. The van der Waals surface area contributed by atoms with E-state index in [0.29, 0.717) is 19.3 Å². The van der Waals surface area contributed by atoms with E-state index in [4.69, 9.17) is 11.6 Å². The first-order chi connectivity index (χ1) is 14.6. The molecular weight excluding hydrogens is 436 g/mol. The molecule has 4 nitrogen and oxygen atoms in total. The van der Waals surface area contributed by atoms with E-state index >= 15 is 0 Å². The van der Waals surface area contributed by atoms with Gasteiger partial charge < -0.3 is 10.4 Å². The van der Waals surface area contributed by atoms with E-state index in [1.54, 1.807) is 0 Å². The van der Waals surface area contributed by atoms with Crippen LogP contribution < -0.4 is 5.32 Å². The van der Waals surface area contributed by atoms with Gasteiger partial charge in [-0.15, -0.1) is 0 Å². The number of amidine groups is 1. The number of amides is 1. The van der Waals surface area contributed by atoms with Gasteiger partial charge in [0.25, 0.3) is 5.91 Å². The van der Waals surface area contributed by atoms with Crippen molar-refractivity contribution in [1.29, 1.82) is 0 Å². The monoisotopic (exact) mass is 456 g/mol.